The van der Waals surface area contributed by atoms with Crippen LogP contribution in [-0.2, 0) is 28.7 Å². The van der Waals surface area contributed by atoms with Crippen molar-refractivity contribution in [1.82, 2.24) is 31.0 Å². The van der Waals surface area contributed by atoms with Crippen LogP contribution in [0.5, 0.6) is 0 Å². The van der Waals surface area contributed by atoms with Crippen molar-refractivity contribution >= 4 is 46.8 Å². The topological polar surface area (TPSA) is 159 Å². The van der Waals surface area contributed by atoms with Crippen molar-refractivity contribution in [2.75, 3.05) is 19.6 Å². The van der Waals surface area contributed by atoms with Crippen LogP contribution in [0.2, 0.25) is 0 Å². The Balaban J connectivity index is 1.61. The van der Waals surface area contributed by atoms with Gasteiger partial charge < -0.3 is 25.0 Å². The largest absolute Gasteiger partial charge is 0.455 e. The quantitative estimate of drug-likeness (QED) is 0.379. The molecule has 4 rings (SSSR count). The number of fused-ring (bicyclic) bond motifs is 4. The number of nitrogens with zero attached hydrogens (tertiary/aromatic N) is 3. The summed E-state index contributed by atoms with van der Waals surface area (Å²) in [5.74, 6) is -2.15. The highest BCUT2D eigenvalue weighted by Crippen LogP contribution is 2.23. The fourth-order valence-electron chi connectivity index (χ4n) is 5.60. The molecule has 1 fully saturated rings. The van der Waals surface area contributed by atoms with Gasteiger partial charge in [0, 0.05) is 31.4 Å². The van der Waals surface area contributed by atoms with Crippen molar-refractivity contribution in [1.29, 1.82) is 0 Å². The molecule has 49 heavy (non-hydrogen) atoms. The van der Waals surface area contributed by atoms with Crippen LogP contribution < -0.4 is 16.1 Å². The number of ether oxygens (including phenoxy) is 2. The average Bonchev–Trinajstić information content (AvgIpc) is 3.04. The third-order valence-electron chi connectivity index (χ3n) is 8.32. The maximum absolute atomic E-state index is 13.4. The monoisotopic (exact) mass is 678 g/mol. The smallest absolute Gasteiger partial charge is 0.410 e. The molecule has 0 radical (unpaired) electrons. The Morgan fingerprint density at radius 3 is 2.47 bits per heavy atom. The van der Waals surface area contributed by atoms with Crippen LogP contribution in [0.4, 0.5) is 4.79 Å². The predicted octanol–water partition coefficient (Wildman–Crippen LogP) is 4.02. The van der Waals surface area contributed by atoms with Crippen LogP contribution in [0.3, 0.4) is 0 Å². The van der Waals surface area contributed by atoms with Crippen molar-refractivity contribution in [3.63, 3.8) is 0 Å². The molecule has 13 heteroatoms. The first-order chi connectivity index (χ1) is 23.1. The van der Waals surface area contributed by atoms with Crippen LogP contribution in [0.25, 0.3) is 17.0 Å². The average molecular weight is 679 g/mol. The lowest BCUT2D eigenvalue weighted by Gasteiger charge is -2.35. The summed E-state index contributed by atoms with van der Waals surface area (Å²) >= 11 is 0. The number of carbonyl (C=O) groups is 5. The Bertz CT molecular complexity index is 1570. The third kappa shape index (κ3) is 10.5. The van der Waals surface area contributed by atoms with Gasteiger partial charge in [0.1, 0.15) is 29.8 Å². The second-order valence-corrected chi connectivity index (χ2v) is 14.0. The summed E-state index contributed by atoms with van der Waals surface area (Å²) in [7, 11) is 0. The number of esters is 1. The third-order valence-corrected chi connectivity index (χ3v) is 8.32. The Labute approximate surface area is 288 Å². The summed E-state index contributed by atoms with van der Waals surface area (Å²) < 4.78 is 11.4. The van der Waals surface area contributed by atoms with E-state index in [1.807, 2.05) is 42.5 Å². The van der Waals surface area contributed by atoms with Crippen LogP contribution in [0.15, 0.2) is 36.4 Å². The molecule has 5 bridgehead atoms. The van der Waals surface area contributed by atoms with Crippen molar-refractivity contribution < 1.29 is 33.4 Å². The molecule has 1 saturated heterocycles. The normalized spacial score (nSPS) is 24.6. The number of hydrazine groups is 1. The van der Waals surface area contributed by atoms with Crippen molar-refractivity contribution in [3.8, 4) is 0 Å². The van der Waals surface area contributed by atoms with E-state index in [0.717, 1.165) is 16.5 Å². The van der Waals surface area contributed by atoms with Gasteiger partial charge in [-0.1, -0.05) is 44.2 Å². The summed E-state index contributed by atoms with van der Waals surface area (Å²) in [5, 5.41) is 7.76. The Hall–Kier alpha value is -4.52. The van der Waals surface area contributed by atoms with Crippen molar-refractivity contribution in [3.05, 3.63) is 47.7 Å². The second kappa shape index (κ2) is 16.3. The zero-order valence-electron chi connectivity index (χ0n) is 29.6. The molecule has 266 valence electrons. The summed E-state index contributed by atoms with van der Waals surface area (Å²) in [6.07, 6.45) is 4.17. The predicted molar refractivity (Wildman–Crippen MR) is 185 cm³/mol. The summed E-state index contributed by atoms with van der Waals surface area (Å²) in [5.41, 5.74) is 4.47. The molecule has 1 aromatic carbocycles. The molecule has 3 heterocycles. The van der Waals surface area contributed by atoms with Gasteiger partial charge in [0.25, 0.3) is 5.91 Å². The van der Waals surface area contributed by atoms with E-state index in [-0.39, 0.29) is 18.9 Å². The van der Waals surface area contributed by atoms with E-state index in [1.54, 1.807) is 48.5 Å². The molecule has 2 aliphatic heterocycles. The number of hydrogen-bond acceptors (Lipinski definition) is 9. The van der Waals surface area contributed by atoms with E-state index < -0.39 is 59.6 Å². The van der Waals surface area contributed by atoms with E-state index in [4.69, 9.17) is 14.5 Å². The van der Waals surface area contributed by atoms with Gasteiger partial charge in [-0.25, -0.2) is 15.2 Å². The van der Waals surface area contributed by atoms with Gasteiger partial charge in [0.2, 0.25) is 11.8 Å². The molecule has 0 aliphatic carbocycles. The molecular weight excluding hydrogens is 628 g/mol. The second-order valence-electron chi connectivity index (χ2n) is 14.0. The zero-order chi connectivity index (χ0) is 35.9. The van der Waals surface area contributed by atoms with E-state index in [2.05, 4.69) is 16.1 Å². The van der Waals surface area contributed by atoms with Crippen LogP contribution >= 0.6 is 0 Å². The minimum absolute atomic E-state index is 0.0553. The van der Waals surface area contributed by atoms with E-state index in [1.165, 1.54) is 9.91 Å². The Morgan fingerprint density at radius 1 is 1.02 bits per heavy atom. The SMILES string of the molecule is CC(C)[C@@H]1NC(=O)CCN(C(=O)OC(C)(C)C)CC/C=C/c2ccc3ccc(nc3c2)[C@@H](C)OC(=O)[C@@H]2CCCN(N2)C(=O)[C@H](C)NC1=O. The number of carbonyl (C=O) groups excluding carboxylic acids is 5. The van der Waals surface area contributed by atoms with E-state index in [0.29, 0.717) is 38.0 Å². The highest BCUT2D eigenvalue weighted by atomic mass is 16.6. The lowest BCUT2D eigenvalue weighted by atomic mass is 10.0. The van der Waals surface area contributed by atoms with Gasteiger partial charge in [0.05, 0.1) is 11.2 Å². The maximum atomic E-state index is 13.4. The number of cyclic esters (lactones) is 1. The molecule has 2 aliphatic rings. The van der Waals surface area contributed by atoms with E-state index in [9.17, 15) is 24.0 Å². The molecular formula is C36H50N6O7. The fraction of sp³-hybridized carbons (Fsp3) is 0.556. The van der Waals surface area contributed by atoms with Gasteiger partial charge >= 0.3 is 12.1 Å². The van der Waals surface area contributed by atoms with Crippen molar-refractivity contribution in [2.24, 2.45) is 5.92 Å². The molecule has 0 saturated carbocycles. The summed E-state index contributed by atoms with van der Waals surface area (Å²) in [6.45, 7) is 13.0. The van der Waals surface area contributed by atoms with Gasteiger partial charge in [0.15, 0.2) is 0 Å². The first-order valence-electron chi connectivity index (χ1n) is 17.0. The number of rotatable bonds is 1. The maximum Gasteiger partial charge on any atom is 0.410 e. The minimum atomic E-state index is -0.941. The summed E-state index contributed by atoms with van der Waals surface area (Å²) in [6, 6.07) is 7.01. The summed E-state index contributed by atoms with van der Waals surface area (Å²) in [4.78, 5) is 72.3. The van der Waals surface area contributed by atoms with Gasteiger partial charge in [-0.3, -0.25) is 24.2 Å². The van der Waals surface area contributed by atoms with Crippen LogP contribution in [0, 0.1) is 5.92 Å². The molecule has 1 aromatic heterocycles. The first-order valence-corrected chi connectivity index (χ1v) is 17.0. The molecule has 13 nitrogen and oxygen atoms in total. The highest BCUT2D eigenvalue weighted by molar-refractivity contribution is 5.92. The van der Waals surface area contributed by atoms with Gasteiger partial charge in [-0.15, -0.1) is 0 Å². The molecule has 0 unspecified atom stereocenters. The minimum Gasteiger partial charge on any atom is -0.455 e. The van der Waals surface area contributed by atoms with Gasteiger partial charge in [-0.05, 0) is 77.5 Å². The number of benzene rings is 1. The zero-order valence-corrected chi connectivity index (χ0v) is 29.6. The molecule has 4 amide bonds. The fourth-order valence-corrected chi connectivity index (χ4v) is 5.60. The Morgan fingerprint density at radius 2 is 1.76 bits per heavy atom. The lowest BCUT2D eigenvalue weighted by Crippen LogP contribution is -2.61. The molecule has 2 aromatic rings. The van der Waals surface area contributed by atoms with Crippen LogP contribution in [-0.4, -0.2) is 88.0 Å². The first kappa shape index (κ1) is 37.3. The lowest BCUT2D eigenvalue weighted by molar-refractivity contribution is -0.157. The highest BCUT2D eigenvalue weighted by Gasteiger charge is 2.34. The number of pyridine rings is 1. The molecule has 4 atom stereocenters. The Kier molecular flexibility index (Phi) is 12.4. The van der Waals surface area contributed by atoms with Crippen LogP contribution in [0.1, 0.15) is 91.5 Å². The van der Waals surface area contributed by atoms with Gasteiger partial charge in [-0.2, -0.15) is 0 Å². The number of amides is 4. The molecule has 3 N–H and O–H groups in total. The number of aromatic nitrogens is 1. The molecule has 0 spiro atoms. The van der Waals surface area contributed by atoms with Crippen molar-refractivity contribution in [2.45, 2.75) is 104 Å². The number of hydrogen-bond donors (Lipinski definition) is 3. The van der Waals surface area contributed by atoms with E-state index >= 15 is 0 Å². The standard InChI is InChI=1S/C36H50N6O7/c1-22(2)31-32(44)37-23(3)33(45)42-19-10-12-28(40-42)34(46)48-24(4)27-16-15-26-14-13-25(21-29(26)38-27)11-8-9-18-41(20-17-30(43)39-31)35(47)49-36(5,6)7/h8,11,13-16,21-24,28,31,40H,9-10,12,17-20H2,1-7H3,(H,37,44)(H,39,43)/b11-8+/t23-,24+,28-,31-/m0/s1. The number of nitrogens with one attached hydrogen (secondary N) is 3.